The molecule has 20 heavy (non-hydrogen) atoms. The van der Waals surface area contributed by atoms with Crippen molar-refractivity contribution in [1.29, 1.82) is 0 Å². The van der Waals surface area contributed by atoms with Crippen molar-refractivity contribution in [2.75, 3.05) is 13.2 Å². The van der Waals surface area contributed by atoms with E-state index >= 15 is 0 Å². The summed E-state index contributed by atoms with van der Waals surface area (Å²) in [6.45, 7) is 3.47. The summed E-state index contributed by atoms with van der Waals surface area (Å²) >= 11 is 0. The van der Waals surface area contributed by atoms with Crippen LogP contribution in [0.25, 0.3) is 10.9 Å². The highest BCUT2D eigenvalue weighted by atomic mass is 16.5. The largest absolute Gasteiger partial charge is 0.494 e. The molecule has 1 aliphatic carbocycles. The summed E-state index contributed by atoms with van der Waals surface area (Å²) < 4.78 is 7.89. The number of aryl methyl sites for hydroxylation is 1. The highest BCUT2D eigenvalue weighted by Gasteiger charge is 2.36. The maximum Gasteiger partial charge on any atom is 0.120 e. The molecule has 1 saturated carbocycles. The average Bonchev–Trinajstić information content (AvgIpc) is 3.05. The molecule has 0 aliphatic heterocycles. The first-order chi connectivity index (χ1) is 9.70. The van der Waals surface area contributed by atoms with E-state index in [1.807, 2.05) is 6.92 Å². The summed E-state index contributed by atoms with van der Waals surface area (Å²) in [5.41, 5.74) is 9.01. The van der Waals surface area contributed by atoms with Crippen LogP contribution in [0.3, 0.4) is 0 Å². The summed E-state index contributed by atoms with van der Waals surface area (Å²) in [6, 6.07) is 6.40. The van der Waals surface area contributed by atoms with E-state index in [2.05, 4.69) is 36.0 Å². The third kappa shape index (κ3) is 2.01. The van der Waals surface area contributed by atoms with Crippen LogP contribution in [0.15, 0.2) is 24.4 Å². The van der Waals surface area contributed by atoms with E-state index in [4.69, 9.17) is 10.5 Å². The number of hydrogen-bond acceptors (Lipinski definition) is 2. The molecule has 1 heterocycles. The second-order valence-electron chi connectivity index (χ2n) is 5.96. The fourth-order valence-corrected chi connectivity index (χ4v) is 3.69. The molecule has 3 heteroatoms. The molecule has 0 saturated heterocycles. The van der Waals surface area contributed by atoms with E-state index in [1.165, 1.54) is 42.1 Å². The molecule has 2 aromatic rings. The van der Waals surface area contributed by atoms with Crippen molar-refractivity contribution in [3.05, 3.63) is 30.0 Å². The highest BCUT2D eigenvalue weighted by Crippen LogP contribution is 2.44. The Morgan fingerprint density at radius 3 is 2.70 bits per heavy atom. The molecule has 1 aromatic carbocycles. The molecule has 0 atom stereocenters. The van der Waals surface area contributed by atoms with Gasteiger partial charge in [0.25, 0.3) is 0 Å². The first kappa shape index (κ1) is 13.5. The first-order valence-electron chi connectivity index (χ1n) is 7.62. The monoisotopic (exact) mass is 272 g/mol. The maximum absolute atomic E-state index is 6.16. The molecular formula is C17H24N2O. The first-order valence-corrected chi connectivity index (χ1v) is 7.62. The van der Waals surface area contributed by atoms with Gasteiger partial charge < -0.3 is 15.0 Å². The second kappa shape index (κ2) is 5.13. The van der Waals surface area contributed by atoms with Crippen LogP contribution < -0.4 is 10.5 Å². The van der Waals surface area contributed by atoms with Crippen molar-refractivity contribution in [1.82, 2.24) is 4.57 Å². The zero-order chi connectivity index (χ0) is 14.2. The zero-order valence-electron chi connectivity index (χ0n) is 12.5. The number of nitrogens with zero attached hydrogens (tertiary/aromatic N) is 1. The number of aromatic nitrogens is 1. The van der Waals surface area contributed by atoms with Crippen molar-refractivity contribution < 1.29 is 4.74 Å². The molecule has 1 fully saturated rings. The van der Waals surface area contributed by atoms with Gasteiger partial charge in [-0.2, -0.15) is 0 Å². The van der Waals surface area contributed by atoms with Crippen LogP contribution in [0.1, 0.15) is 38.2 Å². The molecule has 2 N–H and O–H groups in total. The normalized spacial score (nSPS) is 17.8. The van der Waals surface area contributed by atoms with Gasteiger partial charge in [-0.1, -0.05) is 12.8 Å². The van der Waals surface area contributed by atoms with Crippen molar-refractivity contribution in [2.24, 2.45) is 12.8 Å². The predicted octanol–water partition coefficient (Wildman–Crippen LogP) is 3.35. The number of nitrogens with two attached hydrogens (primary N) is 1. The van der Waals surface area contributed by atoms with Gasteiger partial charge in [0.15, 0.2) is 0 Å². The molecule has 108 valence electrons. The lowest BCUT2D eigenvalue weighted by Gasteiger charge is -2.27. The Balaban J connectivity index is 2.16. The number of fused-ring (bicyclic) bond motifs is 1. The Kier molecular flexibility index (Phi) is 3.47. The molecule has 1 aliphatic rings. The van der Waals surface area contributed by atoms with Gasteiger partial charge in [-0.3, -0.25) is 0 Å². The van der Waals surface area contributed by atoms with Crippen LogP contribution in [0.4, 0.5) is 0 Å². The minimum atomic E-state index is 0.171. The Morgan fingerprint density at radius 2 is 2.05 bits per heavy atom. The number of ether oxygens (including phenoxy) is 1. The fourth-order valence-electron chi connectivity index (χ4n) is 3.69. The lowest BCUT2D eigenvalue weighted by molar-refractivity contribution is 0.340. The van der Waals surface area contributed by atoms with Crippen LogP contribution in [-0.4, -0.2) is 17.7 Å². The van der Waals surface area contributed by atoms with Crippen LogP contribution >= 0.6 is 0 Å². The SMILES string of the molecule is CCOc1ccc2c(c1)c(C1(CN)CCCC1)cn2C. The molecule has 0 bridgehead atoms. The van der Waals surface area contributed by atoms with Crippen LogP contribution in [-0.2, 0) is 12.5 Å². The molecule has 0 unspecified atom stereocenters. The number of hydrogen-bond donors (Lipinski definition) is 1. The topological polar surface area (TPSA) is 40.2 Å². The van der Waals surface area contributed by atoms with Gasteiger partial charge in [0, 0.05) is 36.1 Å². The van der Waals surface area contributed by atoms with E-state index in [0.29, 0.717) is 6.61 Å². The summed E-state index contributed by atoms with van der Waals surface area (Å²) in [7, 11) is 2.12. The summed E-state index contributed by atoms with van der Waals surface area (Å²) in [5, 5.41) is 1.31. The van der Waals surface area contributed by atoms with Gasteiger partial charge in [-0.25, -0.2) is 0 Å². The summed E-state index contributed by atoms with van der Waals surface area (Å²) in [4.78, 5) is 0. The lowest BCUT2D eigenvalue weighted by Crippen LogP contribution is -2.31. The van der Waals surface area contributed by atoms with Gasteiger partial charge in [0.1, 0.15) is 5.75 Å². The molecule has 0 amide bonds. The molecular weight excluding hydrogens is 248 g/mol. The van der Waals surface area contributed by atoms with Crippen molar-refractivity contribution in [3.8, 4) is 5.75 Å². The summed E-state index contributed by atoms with van der Waals surface area (Å²) in [6.07, 6.45) is 7.28. The highest BCUT2D eigenvalue weighted by molar-refractivity contribution is 5.86. The van der Waals surface area contributed by atoms with Crippen molar-refractivity contribution >= 4 is 10.9 Å². The van der Waals surface area contributed by atoms with Crippen LogP contribution in [0, 0.1) is 0 Å². The van der Waals surface area contributed by atoms with Crippen molar-refractivity contribution in [3.63, 3.8) is 0 Å². The zero-order valence-corrected chi connectivity index (χ0v) is 12.5. The predicted molar refractivity (Wildman–Crippen MR) is 83.3 cm³/mol. The molecule has 3 rings (SSSR count). The van der Waals surface area contributed by atoms with Crippen molar-refractivity contribution in [2.45, 2.75) is 38.0 Å². The molecule has 0 spiro atoms. The van der Waals surface area contributed by atoms with Gasteiger partial charge in [0.2, 0.25) is 0 Å². The Hall–Kier alpha value is -1.48. The number of benzene rings is 1. The Morgan fingerprint density at radius 1 is 1.30 bits per heavy atom. The third-order valence-corrected chi connectivity index (χ3v) is 4.79. The van der Waals surface area contributed by atoms with E-state index < -0.39 is 0 Å². The lowest BCUT2D eigenvalue weighted by atomic mass is 9.79. The molecule has 0 radical (unpaired) electrons. The van der Waals surface area contributed by atoms with E-state index in [-0.39, 0.29) is 5.41 Å². The van der Waals surface area contributed by atoms with E-state index in [0.717, 1.165) is 12.3 Å². The quantitative estimate of drug-likeness (QED) is 0.927. The number of rotatable bonds is 4. The van der Waals surface area contributed by atoms with Gasteiger partial charge in [-0.15, -0.1) is 0 Å². The van der Waals surface area contributed by atoms with Crippen LogP contribution in [0.2, 0.25) is 0 Å². The molecule has 1 aromatic heterocycles. The van der Waals surface area contributed by atoms with E-state index in [1.54, 1.807) is 0 Å². The molecule has 3 nitrogen and oxygen atoms in total. The maximum atomic E-state index is 6.16. The summed E-state index contributed by atoms with van der Waals surface area (Å²) in [5.74, 6) is 0.956. The van der Waals surface area contributed by atoms with Crippen LogP contribution in [0.5, 0.6) is 5.75 Å². The van der Waals surface area contributed by atoms with Gasteiger partial charge in [-0.05, 0) is 43.5 Å². The van der Waals surface area contributed by atoms with Gasteiger partial charge in [0.05, 0.1) is 6.61 Å². The minimum Gasteiger partial charge on any atom is -0.494 e. The Labute approximate surface area is 120 Å². The fraction of sp³-hybridized carbons (Fsp3) is 0.529. The standard InChI is InChI=1S/C17H24N2O/c1-3-20-13-6-7-16-14(10-13)15(11-19(16)2)17(12-18)8-4-5-9-17/h6-7,10-11H,3-5,8-9,12,18H2,1-2H3. The third-order valence-electron chi connectivity index (χ3n) is 4.79. The minimum absolute atomic E-state index is 0.171. The smallest absolute Gasteiger partial charge is 0.120 e. The van der Waals surface area contributed by atoms with Gasteiger partial charge >= 0.3 is 0 Å². The average molecular weight is 272 g/mol. The second-order valence-corrected chi connectivity index (χ2v) is 5.96. The Bertz CT molecular complexity index is 609. The van der Waals surface area contributed by atoms with E-state index in [9.17, 15) is 0 Å².